The average Bonchev–Trinajstić information content (AvgIpc) is 3.34. The third-order valence-corrected chi connectivity index (χ3v) is 4.16. The molecule has 1 aliphatic heterocycles. The van der Waals surface area contributed by atoms with Gasteiger partial charge in [0.25, 0.3) is 5.91 Å². The van der Waals surface area contributed by atoms with Gasteiger partial charge in [-0.25, -0.2) is 15.0 Å². The quantitative estimate of drug-likeness (QED) is 0.738. The Kier molecular flexibility index (Phi) is 3.74. The van der Waals surface area contributed by atoms with Gasteiger partial charge in [-0.1, -0.05) is 6.07 Å². The highest BCUT2D eigenvalue weighted by atomic mass is 16.2. The number of rotatable bonds is 3. The average molecular weight is 320 g/mol. The molecule has 1 fully saturated rings. The third kappa shape index (κ3) is 2.64. The van der Waals surface area contributed by atoms with Crippen LogP contribution >= 0.6 is 0 Å². The van der Waals surface area contributed by atoms with E-state index in [0.29, 0.717) is 12.2 Å². The Bertz CT molecular complexity index is 833. The number of hydrogen-bond acceptors (Lipinski definition) is 5. The fraction of sp³-hybridized carbons (Fsp3) is 0.235. The first-order chi connectivity index (χ1) is 11.8. The van der Waals surface area contributed by atoms with Crippen LogP contribution in [0.2, 0.25) is 0 Å². The predicted molar refractivity (Wildman–Crippen MR) is 86.4 cm³/mol. The molecule has 1 saturated heterocycles. The van der Waals surface area contributed by atoms with Crippen molar-refractivity contribution >= 4 is 5.91 Å². The molecule has 7 heteroatoms. The van der Waals surface area contributed by atoms with Crippen LogP contribution in [0, 0.1) is 0 Å². The Morgan fingerprint density at radius 1 is 1.17 bits per heavy atom. The summed E-state index contributed by atoms with van der Waals surface area (Å²) in [4.78, 5) is 31.4. The highest BCUT2D eigenvalue weighted by molar-refractivity contribution is 5.92. The minimum Gasteiger partial charge on any atom is -0.329 e. The lowest BCUT2D eigenvalue weighted by molar-refractivity contribution is 0.0726. The molecule has 3 aromatic rings. The summed E-state index contributed by atoms with van der Waals surface area (Å²) >= 11 is 0. The van der Waals surface area contributed by atoms with E-state index >= 15 is 0 Å². The Hall–Kier alpha value is -3.09. The lowest BCUT2D eigenvalue weighted by Crippen LogP contribution is -2.31. The fourth-order valence-corrected chi connectivity index (χ4v) is 3.04. The van der Waals surface area contributed by atoms with Gasteiger partial charge in [-0.15, -0.1) is 0 Å². The molecular weight excluding hydrogens is 304 g/mol. The number of pyridine rings is 1. The number of amides is 1. The summed E-state index contributed by atoms with van der Waals surface area (Å²) in [5.74, 6) is 0.698. The van der Waals surface area contributed by atoms with E-state index in [9.17, 15) is 4.79 Å². The Morgan fingerprint density at radius 3 is 2.92 bits per heavy atom. The topological polar surface area (TPSA) is 76.8 Å². The van der Waals surface area contributed by atoms with Crippen molar-refractivity contribution in [3.63, 3.8) is 0 Å². The molecule has 0 N–H and O–H groups in total. The van der Waals surface area contributed by atoms with Crippen molar-refractivity contribution < 1.29 is 4.79 Å². The summed E-state index contributed by atoms with van der Waals surface area (Å²) in [5, 5.41) is 0. The normalized spacial score (nSPS) is 17.2. The number of aromatic nitrogens is 5. The van der Waals surface area contributed by atoms with Crippen molar-refractivity contribution in [1.29, 1.82) is 0 Å². The van der Waals surface area contributed by atoms with Crippen LogP contribution in [-0.2, 0) is 0 Å². The zero-order valence-corrected chi connectivity index (χ0v) is 13.0. The van der Waals surface area contributed by atoms with Gasteiger partial charge in [0.1, 0.15) is 17.8 Å². The van der Waals surface area contributed by atoms with Crippen molar-refractivity contribution in [3.05, 3.63) is 66.9 Å². The molecule has 3 aromatic heterocycles. The van der Waals surface area contributed by atoms with Crippen LogP contribution in [0.25, 0.3) is 5.82 Å². The largest absolute Gasteiger partial charge is 0.329 e. The van der Waals surface area contributed by atoms with Gasteiger partial charge < -0.3 is 4.90 Å². The van der Waals surface area contributed by atoms with Gasteiger partial charge in [0.05, 0.1) is 17.9 Å². The van der Waals surface area contributed by atoms with Gasteiger partial charge >= 0.3 is 0 Å². The number of likely N-dealkylation sites (tertiary alicyclic amines) is 1. The van der Waals surface area contributed by atoms with E-state index in [1.807, 2.05) is 33.9 Å². The van der Waals surface area contributed by atoms with Crippen LogP contribution in [0.5, 0.6) is 0 Å². The van der Waals surface area contributed by atoms with Crippen LogP contribution in [0.1, 0.15) is 35.1 Å². The molecule has 120 valence electrons. The molecule has 24 heavy (non-hydrogen) atoms. The second-order valence-electron chi connectivity index (χ2n) is 5.64. The molecule has 0 bridgehead atoms. The summed E-state index contributed by atoms with van der Waals surface area (Å²) in [6.45, 7) is 0.705. The predicted octanol–water partition coefficient (Wildman–Crippen LogP) is 2.03. The van der Waals surface area contributed by atoms with Gasteiger partial charge in [0.15, 0.2) is 0 Å². The molecule has 7 nitrogen and oxygen atoms in total. The number of nitrogens with zero attached hydrogens (tertiary/aromatic N) is 6. The highest BCUT2D eigenvalue weighted by Gasteiger charge is 2.32. The smallest absolute Gasteiger partial charge is 0.274 e. The molecule has 0 unspecified atom stereocenters. The van der Waals surface area contributed by atoms with Crippen molar-refractivity contribution in [3.8, 4) is 5.82 Å². The standard InChI is InChI=1S/C17H16N6O/c24-17(14-11-18-6-7-20-14)23-9-2-4-15(23)13-3-1-5-16(21-13)22-10-8-19-12-22/h1,3,5-8,10-12,15H,2,4,9H2/t15-/m1/s1. The van der Waals surface area contributed by atoms with Crippen molar-refractivity contribution in [2.24, 2.45) is 0 Å². The molecule has 1 amide bonds. The maximum Gasteiger partial charge on any atom is 0.274 e. The van der Waals surface area contributed by atoms with Crippen molar-refractivity contribution in [1.82, 2.24) is 29.4 Å². The number of carbonyl (C=O) groups excluding carboxylic acids is 1. The van der Waals surface area contributed by atoms with Crippen LogP contribution in [0.4, 0.5) is 0 Å². The summed E-state index contributed by atoms with van der Waals surface area (Å²) in [6.07, 6.45) is 11.7. The molecular formula is C17H16N6O. The van der Waals surface area contributed by atoms with E-state index in [1.165, 1.54) is 12.4 Å². The van der Waals surface area contributed by atoms with Crippen LogP contribution < -0.4 is 0 Å². The zero-order valence-electron chi connectivity index (χ0n) is 13.0. The maximum absolute atomic E-state index is 12.7. The van der Waals surface area contributed by atoms with E-state index in [2.05, 4.69) is 15.0 Å². The molecule has 4 heterocycles. The molecule has 1 aliphatic rings. The highest BCUT2D eigenvalue weighted by Crippen LogP contribution is 2.32. The number of hydrogen-bond donors (Lipinski definition) is 0. The minimum atomic E-state index is -0.0968. The first-order valence-corrected chi connectivity index (χ1v) is 7.85. The summed E-state index contributed by atoms with van der Waals surface area (Å²) in [7, 11) is 0. The molecule has 1 atom stereocenters. The maximum atomic E-state index is 12.7. The number of imidazole rings is 1. The van der Waals surface area contributed by atoms with Crippen LogP contribution in [-0.4, -0.2) is 41.9 Å². The summed E-state index contributed by atoms with van der Waals surface area (Å²) in [6, 6.07) is 5.81. The fourth-order valence-electron chi connectivity index (χ4n) is 3.04. The van der Waals surface area contributed by atoms with Crippen molar-refractivity contribution in [2.45, 2.75) is 18.9 Å². The molecule has 0 radical (unpaired) electrons. The Morgan fingerprint density at radius 2 is 2.12 bits per heavy atom. The van der Waals surface area contributed by atoms with E-state index in [0.717, 1.165) is 24.4 Å². The van der Waals surface area contributed by atoms with Gasteiger partial charge in [0.2, 0.25) is 0 Å². The van der Waals surface area contributed by atoms with Crippen molar-refractivity contribution in [2.75, 3.05) is 6.54 Å². The van der Waals surface area contributed by atoms with Gasteiger partial charge in [-0.05, 0) is 25.0 Å². The minimum absolute atomic E-state index is 0.0389. The molecule has 0 aliphatic carbocycles. The Labute approximate surface area is 139 Å². The second kappa shape index (κ2) is 6.19. The summed E-state index contributed by atoms with van der Waals surface area (Å²) in [5.41, 5.74) is 1.26. The van der Waals surface area contributed by atoms with Gasteiger partial charge in [0, 0.05) is 31.3 Å². The van der Waals surface area contributed by atoms with Crippen LogP contribution in [0.15, 0.2) is 55.5 Å². The van der Waals surface area contributed by atoms with E-state index < -0.39 is 0 Å². The summed E-state index contributed by atoms with van der Waals surface area (Å²) < 4.78 is 1.85. The molecule has 0 saturated carbocycles. The second-order valence-corrected chi connectivity index (χ2v) is 5.64. The molecule has 0 aromatic carbocycles. The lowest BCUT2D eigenvalue weighted by atomic mass is 10.1. The van der Waals surface area contributed by atoms with E-state index in [-0.39, 0.29) is 11.9 Å². The van der Waals surface area contributed by atoms with Gasteiger partial charge in [-0.2, -0.15) is 0 Å². The van der Waals surface area contributed by atoms with Crippen LogP contribution in [0.3, 0.4) is 0 Å². The monoisotopic (exact) mass is 320 g/mol. The van der Waals surface area contributed by atoms with Gasteiger partial charge in [-0.3, -0.25) is 14.3 Å². The van der Waals surface area contributed by atoms with E-state index in [1.54, 1.807) is 18.7 Å². The number of carbonyl (C=O) groups is 1. The Balaban J connectivity index is 1.64. The zero-order chi connectivity index (χ0) is 16.4. The SMILES string of the molecule is O=C(c1cnccn1)N1CCC[C@@H]1c1cccc(-n2ccnc2)n1. The van der Waals surface area contributed by atoms with E-state index in [4.69, 9.17) is 4.98 Å². The first-order valence-electron chi connectivity index (χ1n) is 7.85. The molecule has 0 spiro atoms. The lowest BCUT2D eigenvalue weighted by Gasteiger charge is -2.24. The third-order valence-electron chi connectivity index (χ3n) is 4.16. The first kappa shape index (κ1) is 14.5. The molecule has 4 rings (SSSR count).